The van der Waals surface area contributed by atoms with Crippen LogP contribution < -0.4 is 0 Å². The fraction of sp³-hybridized carbons (Fsp3) is 0.882. The minimum atomic E-state index is 0.672. The second kappa shape index (κ2) is 5.77. The molecule has 0 bridgehead atoms. The Labute approximate surface area is 114 Å². The molecule has 0 N–H and O–H groups in total. The average Bonchev–Trinajstić information content (AvgIpc) is 2.32. The molecule has 0 aromatic heterocycles. The summed E-state index contributed by atoms with van der Waals surface area (Å²) in [6, 6.07) is 0. The normalized spacial score (nSPS) is 24.9. The van der Waals surface area contributed by atoms with Crippen LogP contribution in [-0.4, -0.2) is 24.5 Å². The van der Waals surface area contributed by atoms with Crippen molar-refractivity contribution in [3.63, 3.8) is 0 Å². The zero-order valence-electron chi connectivity index (χ0n) is 12.8. The second-order valence-electron chi connectivity index (χ2n) is 7.33. The van der Waals surface area contributed by atoms with Crippen molar-refractivity contribution in [2.45, 2.75) is 59.8 Å². The van der Waals surface area contributed by atoms with Crippen LogP contribution in [0, 0.1) is 17.3 Å². The molecule has 104 valence electrons. The molecular weight excluding hydrogens is 218 g/mol. The van der Waals surface area contributed by atoms with E-state index in [9.17, 15) is 0 Å². The highest BCUT2D eigenvalue weighted by molar-refractivity contribution is 5.12. The van der Waals surface area contributed by atoms with Crippen molar-refractivity contribution in [2.75, 3.05) is 19.6 Å². The number of rotatable bonds is 3. The summed E-state index contributed by atoms with van der Waals surface area (Å²) in [4.78, 5) is 2.68. The molecule has 2 aliphatic rings. The SMILES string of the molecule is CC(C)CN1CCC2(CC=C(C(C)C)CC2)CC1. The van der Waals surface area contributed by atoms with Crippen molar-refractivity contribution in [1.82, 2.24) is 4.90 Å². The van der Waals surface area contributed by atoms with Gasteiger partial charge in [0.05, 0.1) is 0 Å². The van der Waals surface area contributed by atoms with E-state index in [0.29, 0.717) is 5.41 Å². The predicted molar refractivity (Wildman–Crippen MR) is 79.7 cm³/mol. The molecule has 1 nitrogen and oxygen atoms in total. The van der Waals surface area contributed by atoms with Gasteiger partial charge in [0.25, 0.3) is 0 Å². The lowest BCUT2D eigenvalue weighted by molar-refractivity contribution is 0.0846. The summed E-state index contributed by atoms with van der Waals surface area (Å²) in [6.07, 6.45) is 9.61. The third-order valence-electron chi connectivity index (χ3n) is 5.02. The lowest BCUT2D eigenvalue weighted by atomic mass is 9.68. The number of nitrogens with zero attached hydrogens (tertiary/aromatic N) is 1. The van der Waals surface area contributed by atoms with E-state index >= 15 is 0 Å². The summed E-state index contributed by atoms with van der Waals surface area (Å²) in [7, 11) is 0. The van der Waals surface area contributed by atoms with E-state index in [0.717, 1.165) is 11.8 Å². The van der Waals surface area contributed by atoms with E-state index < -0.39 is 0 Å². The Hall–Kier alpha value is -0.300. The summed E-state index contributed by atoms with van der Waals surface area (Å²) in [5.74, 6) is 1.58. The first-order valence-electron chi connectivity index (χ1n) is 7.92. The molecular formula is C17H31N. The number of piperidine rings is 1. The van der Waals surface area contributed by atoms with Gasteiger partial charge in [-0.25, -0.2) is 0 Å². The summed E-state index contributed by atoms with van der Waals surface area (Å²) in [6.45, 7) is 13.3. The van der Waals surface area contributed by atoms with Crippen molar-refractivity contribution in [3.05, 3.63) is 11.6 Å². The van der Waals surface area contributed by atoms with E-state index in [2.05, 4.69) is 38.7 Å². The van der Waals surface area contributed by atoms with Crippen LogP contribution in [0.15, 0.2) is 11.6 Å². The Kier molecular flexibility index (Phi) is 4.53. The maximum atomic E-state index is 2.68. The topological polar surface area (TPSA) is 3.24 Å². The second-order valence-corrected chi connectivity index (χ2v) is 7.33. The van der Waals surface area contributed by atoms with Crippen LogP contribution >= 0.6 is 0 Å². The summed E-state index contributed by atoms with van der Waals surface area (Å²) >= 11 is 0. The van der Waals surface area contributed by atoms with Crippen LogP contribution in [-0.2, 0) is 0 Å². The van der Waals surface area contributed by atoms with E-state index in [1.165, 1.54) is 51.7 Å². The molecule has 0 aromatic rings. The summed E-state index contributed by atoms with van der Waals surface area (Å²) in [5.41, 5.74) is 2.39. The molecule has 0 unspecified atom stereocenters. The predicted octanol–water partition coefficient (Wildman–Crippen LogP) is 4.49. The maximum absolute atomic E-state index is 2.68. The first-order valence-corrected chi connectivity index (χ1v) is 7.92. The lowest BCUT2D eigenvalue weighted by Crippen LogP contribution is -2.42. The van der Waals surface area contributed by atoms with Gasteiger partial charge in [-0.3, -0.25) is 0 Å². The smallest absolute Gasteiger partial charge is 0.000439 e. The zero-order valence-corrected chi connectivity index (χ0v) is 12.8. The van der Waals surface area contributed by atoms with Crippen molar-refractivity contribution in [2.24, 2.45) is 17.3 Å². The van der Waals surface area contributed by atoms with Gasteiger partial charge in [0.2, 0.25) is 0 Å². The molecule has 0 aromatic carbocycles. The summed E-state index contributed by atoms with van der Waals surface area (Å²) < 4.78 is 0. The van der Waals surface area contributed by atoms with Gasteiger partial charge in [0, 0.05) is 6.54 Å². The van der Waals surface area contributed by atoms with Crippen molar-refractivity contribution >= 4 is 0 Å². The van der Waals surface area contributed by atoms with Gasteiger partial charge in [-0.2, -0.15) is 0 Å². The Morgan fingerprint density at radius 2 is 1.78 bits per heavy atom. The fourth-order valence-corrected chi connectivity index (χ4v) is 3.67. The molecule has 0 amide bonds. The third-order valence-corrected chi connectivity index (χ3v) is 5.02. The largest absolute Gasteiger partial charge is 0.303 e. The molecule has 1 heterocycles. The van der Waals surface area contributed by atoms with E-state index in [1.807, 2.05) is 0 Å². The van der Waals surface area contributed by atoms with Crippen LogP contribution in [0.4, 0.5) is 0 Å². The van der Waals surface area contributed by atoms with E-state index in [-0.39, 0.29) is 0 Å². The molecule has 1 fully saturated rings. The first-order chi connectivity index (χ1) is 8.51. The lowest BCUT2D eigenvalue weighted by Gasteiger charge is -2.44. The number of hydrogen-bond acceptors (Lipinski definition) is 1. The Balaban J connectivity index is 1.86. The van der Waals surface area contributed by atoms with Gasteiger partial charge in [0.15, 0.2) is 0 Å². The van der Waals surface area contributed by atoms with Crippen LogP contribution in [0.3, 0.4) is 0 Å². The molecule has 2 rings (SSSR count). The Bertz CT molecular complexity index is 293. The first kappa shape index (κ1) is 14.1. The van der Waals surface area contributed by atoms with Gasteiger partial charge in [-0.15, -0.1) is 0 Å². The highest BCUT2D eigenvalue weighted by atomic mass is 15.1. The van der Waals surface area contributed by atoms with E-state index in [1.54, 1.807) is 5.57 Å². The van der Waals surface area contributed by atoms with Crippen molar-refractivity contribution in [1.29, 1.82) is 0 Å². The van der Waals surface area contributed by atoms with Crippen LogP contribution in [0.5, 0.6) is 0 Å². The zero-order chi connectivity index (χ0) is 13.2. The van der Waals surface area contributed by atoms with Crippen LogP contribution in [0.25, 0.3) is 0 Å². The van der Waals surface area contributed by atoms with Gasteiger partial charge >= 0.3 is 0 Å². The van der Waals surface area contributed by atoms with Crippen molar-refractivity contribution < 1.29 is 0 Å². The van der Waals surface area contributed by atoms with E-state index in [4.69, 9.17) is 0 Å². The fourth-order valence-electron chi connectivity index (χ4n) is 3.67. The monoisotopic (exact) mass is 249 g/mol. The molecule has 1 aliphatic heterocycles. The van der Waals surface area contributed by atoms with Gasteiger partial charge < -0.3 is 4.90 Å². The number of hydrogen-bond donors (Lipinski definition) is 0. The molecule has 0 saturated carbocycles. The minimum absolute atomic E-state index is 0.672. The van der Waals surface area contributed by atoms with Gasteiger partial charge in [-0.05, 0) is 62.4 Å². The van der Waals surface area contributed by atoms with Gasteiger partial charge in [0.1, 0.15) is 0 Å². The molecule has 0 radical (unpaired) electrons. The molecule has 18 heavy (non-hydrogen) atoms. The Morgan fingerprint density at radius 1 is 1.11 bits per heavy atom. The number of allylic oxidation sites excluding steroid dienone is 2. The molecule has 1 heteroatoms. The number of likely N-dealkylation sites (tertiary alicyclic amines) is 1. The molecule has 0 atom stereocenters. The average molecular weight is 249 g/mol. The van der Waals surface area contributed by atoms with Crippen LogP contribution in [0.2, 0.25) is 0 Å². The molecule has 1 saturated heterocycles. The Morgan fingerprint density at radius 3 is 2.22 bits per heavy atom. The summed E-state index contributed by atoms with van der Waals surface area (Å²) in [5, 5.41) is 0. The third kappa shape index (κ3) is 3.38. The minimum Gasteiger partial charge on any atom is -0.303 e. The van der Waals surface area contributed by atoms with Crippen molar-refractivity contribution in [3.8, 4) is 0 Å². The quantitative estimate of drug-likeness (QED) is 0.666. The highest BCUT2D eigenvalue weighted by Gasteiger charge is 2.35. The highest BCUT2D eigenvalue weighted by Crippen LogP contribution is 2.44. The molecule has 1 spiro atoms. The molecule has 1 aliphatic carbocycles. The standard InChI is InChI=1S/C17H31N/c1-14(2)13-18-11-9-17(10-12-18)7-5-16(6-8-17)15(3)4/h5,14-15H,6-13H2,1-4H3. The van der Waals surface area contributed by atoms with Crippen LogP contribution in [0.1, 0.15) is 59.8 Å². The van der Waals surface area contributed by atoms with Gasteiger partial charge in [-0.1, -0.05) is 39.3 Å². The maximum Gasteiger partial charge on any atom is 0.000439 e.